The molecule has 1 heterocycles. The Morgan fingerprint density at radius 3 is 2.03 bits per heavy atom. The Kier molecular flexibility index (Phi) is 25.4. The molecule has 0 bridgehead atoms. The molecule has 0 radical (unpaired) electrons. The maximum atomic E-state index is 13.4. The zero-order chi connectivity index (χ0) is 47.7. The van der Waals surface area contributed by atoms with Crippen LogP contribution in [0.5, 0.6) is 11.5 Å². The first kappa shape index (κ1) is 55.4. The highest BCUT2D eigenvalue weighted by Crippen LogP contribution is 2.43. The lowest BCUT2D eigenvalue weighted by Crippen LogP contribution is -2.34. The minimum atomic E-state index is -3.96. The Morgan fingerprint density at radius 1 is 0.968 bits per heavy atom. The van der Waals surface area contributed by atoms with E-state index in [0.29, 0.717) is 24.1 Å². The number of alkyl halides is 3. The molecule has 2 amide bonds. The first-order valence-corrected chi connectivity index (χ1v) is 21.5. The zero-order valence-corrected chi connectivity index (χ0v) is 38.6. The molecule has 0 aliphatic carbocycles. The Balaban J connectivity index is 0.000000509. The topological polar surface area (TPSA) is 119 Å². The van der Waals surface area contributed by atoms with Crippen LogP contribution >= 0.6 is 0 Å². The van der Waals surface area contributed by atoms with Crippen LogP contribution in [-0.2, 0) is 22.6 Å². The number of carbonyl (C=O) groups excluding carboxylic acids is 2. The number of piperidine rings is 1. The lowest BCUT2D eigenvalue weighted by molar-refractivity contribution is -0.134. The zero-order valence-electron chi connectivity index (χ0n) is 38.6. The highest BCUT2D eigenvalue weighted by atomic mass is 19.4. The minimum Gasteiger partial charge on any atom is -0.496 e. The van der Waals surface area contributed by atoms with E-state index in [-0.39, 0.29) is 17.9 Å². The van der Waals surface area contributed by atoms with Crippen molar-refractivity contribution in [3.8, 4) is 22.6 Å². The molecule has 63 heavy (non-hydrogen) atoms. The highest BCUT2D eigenvalue weighted by molar-refractivity contribution is 6.01. The fraction of sp³-hybridized carbons (Fsp3) is 0.431. The van der Waals surface area contributed by atoms with Crippen LogP contribution in [0.4, 0.5) is 17.6 Å². The minimum absolute atomic E-state index is 0.0463. The fourth-order valence-electron chi connectivity index (χ4n) is 6.59. The van der Waals surface area contributed by atoms with E-state index >= 15 is 0 Å². The second-order valence-electron chi connectivity index (χ2n) is 15.2. The average molecular weight is 881 g/mol. The number of hydrogen-bond donors (Lipinski definition) is 2. The lowest BCUT2D eigenvalue weighted by Gasteiger charge is -2.27. The number of nitrogens with two attached hydrogens (primary N) is 1. The van der Waals surface area contributed by atoms with Crippen LogP contribution < -0.4 is 15.2 Å². The van der Waals surface area contributed by atoms with Crippen molar-refractivity contribution in [3.63, 3.8) is 0 Å². The summed E-state index contributed by atoms with van der Waals surface area (Å²) in [6.07, 6.45) is 8.54. The van der Waals surface area contributed by atoms with Gasteiger partial charge in [-0.2, -0.15) is 13.2 Å². The molecule has 4 aromatic rings. The number of carboxylic acid groups (broad SMARTS) is 1. The number of nitrogens with zero attached hydrogens (tertiary/aromatic N) is 1. The second-order valence-corrected chi connectivity index (χ2v) is 15.2. The predicted molar refractivity (Wildman–Crippen MR) is 249 cm³/mol. The Labute approximate surface area is 372 Å². The predicted octanol–water partition coefficient (Wildman–Crippen LogP) is 13.3. The number of allylic oxidation sites excluding steroid dienone is 3. The van der Waals surface area contributed by atoms with Crippen LogP contribution in [0.25, 0.3) is 27.5 Å². The molecule has 0 aromatic heterocycles. The van der Waals surface area contributed by atoms with E-state index < -0.39 is 24.3 Å². The van der Waals surface area contributed by atoms with E-state index in [1.54, 1.807) is 34.1 Å². The monoisotopic (exact) mass is 881 g/mol. The van der Waals surface area contributed by atoms with Gasteiger partial charge in [-0.25, -0.2) is 4.39 Å². The standard InChI is InChI=1S/C27H31NO3.C11H12FNO.C9H18.C3H5F3.CH2O2/c1-4-9-20-10-7-12-22-21(20)11-8-13-23(22)27-24(30-2)16-19(17-25(27)31-3)18-28-15-6-5-14-26(28)29;1-6(2)8-4-7(3)10(11(13)14)9(12)5-8;1-4-6-7-8-9(3)5-2;1-2-3(4,5)6;2-1-3/h7-8,10-13,16-17H,4-6,9,14-15,18H2,1-3H3;4-5H,1H2,2-3H3,(H2,13,14);7-9H,4-6H2,1-3H3;2H2,1H3;1H,(H,2,3)/b;;8-7-;;. The van der Waals surface area contributed by atoms with Crippen LogP contribution in [0.1, 0.15) is 126 Å². The molecule has 1 aliphatic heterocycles. The summed E-state index contributed by atoms with van der Waals surface area (Å²) in [5.41, 5.74) is 11.4. The number of hydrogen-bond acceptors (Lipinski definition) is 5. The SMILES string of the molecule is C=C(C)c1cc(C)c(C(N)=O)c(F)c1.CCC(F)(F)F.CCC/C=C\C(C)CC.CCCc1cccc2c(-c3c(OC)cc(CN4CCCCC4=O)cc3OC)cccc12.O=CO. The molecule has 5 rings (SSSR count). The third kappa shape index (κ3) is 18.7. The summed E-state index contributed by atoms with van der Waals surface area (Å²) in [5.74, 6) is 1.21. The first-order chi connectivity index (χ1) is 29.9. The van der Waals surface area contributed by atoms with E-state index in [0.717, 1.165) is 78.8 Å². The summed E-state index contributed by atoms with van der Waals surface area (Å²) in [6, 6.07) is 20.0. The van der Waals surface area contributed by atoms with Crippen molar-refractivity contribution in [1.82, 2.24) is 4.90 Å². The summed E-state index contributed by atoms with van der Waals surface area (Å²) in [7, 11) is 3.39. The molecule has 8 nitrogen and oxygen atoms in total. The molecule has 1 fully saturated rings. The third-order valence-corrected chi connectivity index (χ3v) is 10.2. The van der Waals surface area contributed by atoms with Gasteiger partial charge in [0.25, 0.3) is 12.4 Å². The Morgan fingerprint density at radius 2 is 1.56 bits per heavy atom. The molecular formula is C51H68F4N2O6. The van der Waals surface area contributed by atoms with Crippen molar-refractivity contribution in [1.29, 1.82) is 0 Å². The fourth-order valence-corrected chi connectivity index (χ4v) is 6.59. The van der Waals surface area contributed by atoms with Crippen LogP contribution in [-0.4, -0.2) is 55.2 Å². The quantitative estimate of drug-likeness (QED) is 0.0784. The number of aryl methyl sites for hydroxylation is 2. The molecule has 1 saturated heterocycles. The van der Waals surface area contributed by atoms with E-state index in [4.69, 9.17) is 25.1 Å². The number of primary amides is 1. The Hall–Kier alpha value is -5.65. The van der Waals surface area contributed by atoms with Gasteiger partial charge >= 0.3 is 6.18 Å². The van der Waals surface area contributed by atoms with Crippen LogP contribution in [0.2, 0.25) is 0 Å². The maximum Gasteiger partial charge on any atom is 0.388 e. The normalized spacial score (nSPS) is 12.6. The molecular weight excluding hydrogens is 813 g/mol. The number of likely N-dealkylation sites (tertiary alicyclic amines) is 1. The number of unbranched alkanes of at least 4 members (excludes halogenated alkanes) is 1. The van der Waals surface area contributed by atoms with Gasteiger partial charge in [-0.15, -0.1) is 0 Å². The molecule has 0 spiro atoms. The molecule has 1 atom stereocenters. The van der Waals surface area contributed by atoms with E-state index in [2.05, 4.69) is 95.0 Å². The third-order valence-electron chi connectivity index (χ3n) is 10.2. The number of rotatable bonds is 13. The van der Waals surface area contributed by atoms with Crippen molar-refractivity contribution >= 4 is 34.6 Å². The first-order valence-electron chi connectivity index (χ1n) is 21.5. The van der Waals surface area contributed by atoms with Gasteiger partial charge in [-0.1, -0.05) is 121 Å². The van der Waals surface area contributed by atoms with Gasteiger partial charge in [0.2, 0.25) is 5.91 Å². The van der Waals surface area contributed by atoms with Gasteiger partial charge < -0.3 is 25.2 Å². The van der Waals surface area contributed by atoms with Crippen molar-refractivity contribution in [2.24, 2.45) is 11.7 Å². The number of benzene rings is 4. The number of carbonyl (C=O) groups is 3. The van der Waals surface area contributed by atoms with Gasteiger partial charge in [0.1, 0.15) is 17.3 Å². The molecule has 12 heteroatoms. The molecule has 346 valence electrons. The van der Waals surface area contributed by atoms with Crippen LogP contribution in [0, 0.1) is 18.7 Å². The molecule has 3 N–H and O–H groups in total. The largest absolute Gasteiger partial charge is 0.496 e. The number of fused-ring (bicyclic) bond motifs is 1. The van der Waals surface area contributed by atoms with Crippen molar-refractivity contribution in [2.45, 2.75) is 119 Å². The average Bonchev–Trinajstić information content (AvgIpc) is 3.24. The summed E-state index contributed by atoms with van der Waals surface area (Å²) in [4.78, 5) is 33.5. The molecule has 0 saturated carbocycles. The van der Waals surface area contributed by atoms with Crippen molar-refractivity contribution < 1.29 is 46.5 Å². The van der Waals surface area contributed by atoms with E-state index in [1.807, 2.05) is 4.90 Å². The number of ether oxygens (including phenoxy) is 2. The van der Waals surface area contributed by atoms with Crippen molar-refractivity contribution in [2.75, 3.05) is 20.8 Å². The van der Waals surface area contributed by atoms with E-state index in [9.17, 15) is 27.2 Å². The van der Waals surface area contributed by atoms with Gasteiger partial charge in [0.05, 0.1) is 25.3 Å². The van der Waals surface area contributed by atoms with Crippen LogP contribution in [0.15, 0.2) is 79.4 Å². The number of halogens is 4. The van der Waals surface area contributed by atoms with Crippen molar-refractivity contribution in [3.05, 3.63) is 113 Å². The van der Waals surface area contributed by atoms with Gasteiger partial charge in [0.15, 0.2) is 0 Å². The number of methoxy groups -OCH3 is 2. The maximum absolute atomic E-state index is 13.4. The smallest absolute Gasteiger partial charge is 0.388 e. The number of amides is 2. The van der Waals surface area contributed by atoms with Gasteiger partial charge in [-0.05, 0) is 102 Å². The lowest BCUT2D eigenvalue weighted by atomic mass is 9.92. The summed E-state index contributed by atoms with van der Waals surface area (Å²) in [5, 5.41) is 9.36. The van der Waals surface area contributed by atoms with Gasteiger partial charge in [0, 0.05) is 25.9 Å². The molecule has 1 unspecified atom stereocenters. The molecule has 4 aromatic carbocycles. The Bertz CT molecular complexity index is 2050. The summed E-state index contributed by atoms with van der Waals surface area (Å²) >= 11 is 0. The van der Waals surface area contributed by atoms with Crippen LogP contribution in [0.3, 0.4) is 0 Å². The van der Waals surface area contributed by atoms with E-state index in [1.165, 1.54) is 41.7 Å². The second kappa shape index (κ2) is 28.9. The summed E-state index contributed by atoms with van der Waals surface area (Å²) in [6.45, 7) is 18.3. The van der Waals surface area contributed by atoms with Gasteiger partial charge in [-0.3, -0.25) is 14.4 Å². The summed E-state index contributed by atoms with van der Waals surface area (Å²) < 4.78 is 57.4. The highest BCUT2D eigenvalue weighted by Gasteiger charge is 2.23. The molecule has 1 aliphatic rings.